The number of anilines is 2. The second-order valence-electron chi connectivity index (χ2n) is 6.54. The van der Waals surface area contributed by atoms with Gasteiger partial charge in [-0.25, -0.2) is 17.8 Å². The smallest absolute Gasteiger partial charge is 0.244 e. The van der Waals surface area contributed by atoms with Crippen LogP contribution in [0.5, 0.6) is 0 Å². The average molecular weight is 455 g/mol. The maximum absolute atomic E-state index is 12.9. The summed E-state index contributed by atoms with van der Waals surface area (Å²) in [5.74, 6) is 0.192. The molecule has 0 spiro atoms. The zero-order valence-electron chi connectivity index (χ0n) is 16.7. The molecule has 0 saturated heterocycles. The van der Waals surface area contributed by atoms with Crippen molar-refractivity contribution in [2.24, 2.45) is 0 Å². The van der Waals surface area contributed by atoms with Crippen molar-refractivity contribution in [3.8, 4) is 0 Å². The topological polar surface area (TPSA) is 100 Å². The lowest BCUT2D eigenvalue weighted by Crippen LogP contribution is -2.20. The first-order valence-corrected chi connectivity index (χ1v) is 11.5. The molecule has 10 heteroatoms. The highest BCUT2D eigenvalue weighted by atomic mass is 35.5. The number of nitrogens with zero attached hydrogens (tertiary/aromatic N) is 1. The molecule has 1 aromatic heterocycles. The Morgan fingerprint density at radius 1 is 1.27 bits per heavy atom. The Morgan fingerprint density at radius 3 is 2.67 bits per heavy atom. The van der Waals surface area contributed by atoms with Gasteiger partial charge in [-0.1, -0.05) is 24.6 Å². The molecule has 0 aliphatic heterocycles. The van der Waals surface area contributed by atoms with Gasteiger partial charge >= 0.3 is 0 Å². The first kappa shape index (κ1) is 23.6. The summed E-state index contributed by atoms with van der Waals surface area (Å²) in [6, 6.07) is 8.05. The van der Waals surface area contributed by atoms with Crippen LogP contribution < -0.4 is 15.4 Å². The predicted molar refractivity (Wildman–Crippen MR) is 119 cm³/mol. The Labute approximate surface area is 180 Å². The molecule has 0 saturated carbocycles. The van der Waals surface area contributed by atoms with Crippen molar-refractivity contribution < 1.29 is 17.6 Å². The van der Waals surface area contributed by atoms with Crippen LogP contribution in [-0.4, -0.2) is 32.1 Å². The van der Waals surface area contributed by atoms with Gasteiger partial charge in [-0.2, -0.15) is 0 Å². The van der Waals surface area contributed by atoms with E-state index >= 15 is 0 Å². The molecular weight excluding hydrogens is 431 g/mol. The highest BCUT2D eigenvalue weighted by Crippen LogP contribution is 2.24. The Kier molecular flexibility index (Phi) is 8.61. The third kappa shape index (κ3) is 7.64. The number of halogens is 2. The van der Waals surface area contributed by atoms with Crippen LogP contribution in [0.4, 0.5) is 15.9 Å². The van der Waals surface area contributed by atoms with Gasteiger partial charge < -0.3 is 10.6 Å². The third-order valence-electron chi connectivity index (χ3n) is 3.87. The summed E-state index contributed by atoms with van der Waals surface area (Å²) in [7, 11) is -3.43. The van der Waals surface area contributed by atoms with Crippen molar-refractivity contribution in [3.05, 3.63) is 58.3 Å². The number of carbonyl (C=O) groups excluding carboxylic acids is 1. The predicted octanol–water partition coefficient (Wildman–Crippen LogP) is 3.73. The zero-order chi connectivity index (χ0) is 22.1. The van der Waals surface area contributed by atoms with Gasteiger partial charge in [-0.05, 0) is 42.3 Å². The minimum atomic E-state index is -3.43. The first-order chi connectivity index (χ1) is 14.2. The van der Waals surface area contributed by atoms with E-state index in [1.54, 1.807) is 30.3 Å². The standard InChI is InChI=1S/C20H24ClFN4O3S/c1-3-10-23-20-15(5-7-16(12-22)25-20)6-9-19(27)24-13-14-4-8-18(17(21)11-14)26-30(2,28)29/h4-9,11,26H,3,10,12-13H2,1-2H3,(H,23,25)(H,24,27)/b9-6+. The summed E-state index contributed by atoms with van der Waals surface area (Å²) in [4.78, 5) is 16.4. The lowest BCUT2D eigenvalue weighted by molar-refractivity contribution is -0.116. The summed E-state index contributed by atoms with van der Waals surface area (Å²) < 4.78 is 37.8. The maximum atomic E-state index is 12.9. The Balaban J connectivity index is 2.01. The van der Waals surface area contributed by atoms with Crippen LogP contribution in [0.3, 0.4) is 0 Å². The van der Waals surface area contributed by atoms with E-state index in [1.165, 1.54) is 12.1 Å². The largest absolute Gasteiger partial charge is 0.370 e. The van der Waals surface area contributed by atoms with Crippen LogP contribution in [-0.2, 0) is 28.0 Å². The van der Waals surface area contributed by atoms with Crippen LogP contribution in [0.25, 0.3) is 6.08 Å². The van der Waals surface area contributed by atoms with E-state index in [-0.39, 0.29) is 23.2 Å². The van der Waals surface area contributed by atoms with Gasteiger partial charge in [0, 0.05) is 24.7 Å². The SMILES string of the molecule is CCCNc1nc(CF)ccc1/C=C/C(=O)NCc1ccc(NS(C)(=O)=O)c(Cl)c1. The van der Waals surface area contributed by atoms with Crippen molar-refractivity contribution in [2.75, 3.05) is 22.8 Å². The number of alkyl halides is 1. The molecule has 0 fully saturated rings. The maximum Gasteiger partial charge on any atom is 0.244 e. The molecule has 1 heterocycles. The minimum Gasteiger partial charge on any atom is -0.370 e. The lowest BCUT2D eigenvalue weighted by atomic mass is 10.2. The lowest BCUT2D eigenvalue weighted by Gasteiger charge is -2.09. The molecule has 3 N–H and O–H groups in total. The Morgan fingerprint density at radius 2 is 2.03 bits per heavy atom. The van der Waals surface area contributed by atoms with Gasteiger partial charge in [-0.3, -0.25) is 9.52 Å². The molecule has 30 heavy (non-hydrogen) atoms. The fraction of sp³-hybridized carbons (Fsp3) is 0.300. The normalized spacial score (nSPS) is 11.5. The molecule has 7 nitrogen and oxygen atoms in total. The Bertz CT molecular complexity index is 1030. The molecule has 0 unspecified atom stereocenters. The first-order valence-electron chi connectivity index (χ1n) is 9.23. The van der Waals surface area contributed by atoms with E-state index in [4.69, 9.17) is 11.6 Å². The molecule has 1 amide bonds. The van der Waals surface area contributed by atoms with Crippen LogP contribution in [0, 0.1) is 0 Å². The average Bonchev–Trinajstić information content (AvgIpc) is 2.70. The number of pyridine rings is 1. The summed E-state index contributed by atoms with van der Waals surface area (Å²) in [5.41, 5.74) is 1.97. The highest BCUT2D eigenvalue weighted by Gasteiger charge is 2.08. The molecule has 162 valence electrons. The quantitative estimate of drug-likeness (QED) is 0.475. The van der Waals surface area contributed by atoms with E-state index in [0.29, 0.717) is 29.2 Å². The number of carbonyl (C=O) groups is 1. The van der Waals surface area contributed by atoms with E-state index in [0.717, 1.165) is 12.7 Å². The number of rotatable bonds is 10. The van der Waals surface area contributed by atoms with Crippen molar-refractivity contribution in [1.82, 2.24) is 10.3 Å². The minimum absolute atomic E-state index is 0.210. The summed E-state index contributed by atoms with van der Waals surface area (Å²) in [6.45, 7) is 2.24. The van der Waals surface area contributed by atoms with Crippen molar-refractivity contribution in [3.63, 3.8) is 0 Å². The van der Waals surface area contributed by atoms with Crippen molar-refractivity contribution >= 4 is 45.1 Å². The summed E-state index contributed by atoms with van der Waals surface area (Å²) in [5, 5.41) is 6.08. The van der Waals surface area contributed by atoms with Crippen molar-refractivity contribution in [1.29, 1.82) is 0 Å². The zero-order valence-corrected chi connectivity index (χ0v) is 18.3. The van der Waals surface area contributed by atoms with Gasteiger partial charge in [0.15, 0.2) is 0 Å². The van der Waals surface area contributed by atoms with Crippen LogP contribution in [0.2, 0.25) is 5.02 Å². The highest BCUT2D eigenvalue weighted by molar-refractivity contribution is 7.92. The van der Waals surface area contributed by atoms with Crippen molar-refractivity contribution in [2.45, 2.75) is 26.6 Å². The molecule has 2 aromatic rings. The van der Waals surface area contributed by atoms with Crippen LogP contribution in [0.1, 0.15) is 30.2 Å². The number of hydrogen-bond donors (Lipinski definition) is 3. The summed E-state index contributed by atoms with van der Waals surface area (Å²) in [6.07, 6.45) is 4.89. The van der Waals surface area contributed by atoms with E-state index in [1.807, 2.05) is 6.92 Å². The number of aromatic nitrogens is 1. The van der Waals surface area contributed by atoms with Gasteiger partial charge in [0.1, 0.15) is 12.5 Å². The third-order valence-corrected chi connectivity index (χ3v) is 4.78. The second kappa shape index (κ2) is 10.9. The monoisotopic (exact) mass is 454 g/mol. The van der Waals surface area contributed by atoms with Crippen LogP contribution in [0.15, 0.2) is 36.4 Å². The van der Waals surface area contributed by atoms with Gasteiger partial charge in [0.05, 0.1) is 22.7 Å². The van der Waals surface area contributed by atoms with Gasteiger partial charge in [0.25, 0.3) is 0 Å². The van der Waals surface area contributed by atoms with E-state index in [9.17, 15) is 17.6 Å². The molecule has 0 aliphatic rings. The number of sulfonamides is 1. The number of nitrogens with one attached hydrogen (secondary N) is 3. The second-order valence-corrected chi connectivity index (χ2v) is 8.70. The number of benzene rings is 1. The molecule has 0 aliphatic carbocycles. The fourth-order valence-corrected chi connectivity index (χ4v) is 3.35. The van der Waals surface area contributed by atoms with Crippen LogP contribution >= 0.6 is 11.6 Å². The fourth-order valence-electron chi connectivity index (χ4n) is 2.47. The molecule has 2 rings (SSSR count). The molecule has 0 radical (unpaired) electrons. The molecular formula is C20H24ClFN4O3S. The number of hydrogen-bond acceptors (Lipinski definition) is 5. The van der Waals surface area contributed by atoms with Gasteiger partial charge in [-0.15, -0.1) is 0 Å². The summed E-state index contributed by atoms with van der Waals surface area (Å²) >= 11 is 6.08. The van der Waals surface area contributed by atoms with Gasteiger partial charge in [0.2, 0.25) is 15.9 Å². The number of amides is 1. The van der Waals surface area contributed by atoms with E-state index in [2.05, 4.69) is 20.3 Å². The van der Waals surface area contributed by atoms with E-state index < -0.39 is 16.7 Å². The Hall–Kier alpha value is -2.65. The molecule has 0 atom stereocenters. The molecule has 1 aromatic carbocycles. The molecule has 0 bridgehead atoms.